The van der Waals surface area contributed by atoms with Gasteiger partial charge in [0.25, 0.3) is 0 Å². The molecule has 0 unspecified atom stereocenters. The fourth-order valence-electron chi connectivity index (χ4n) is 4.57. The zero-order valence-corrected chi connectivity index (χ0v) is 18.2. The van der Waals surface area contributed by atoms with Crippen LogP contribution in [-0.2, 0) is 9.59 Å². The van der Waals surface area contributed by atoms with Crippen LogP contribution in [0.2, 0.25) is 5.02 Å². The molecule has 2 N–H and O–H groups in total. The van der Waals surface area contributed by atoms with Gasteiger partial charge in [0.05, 0.1) is 5.41 Å². The number of nitrogens with two attached hydrogens (primary N) is 1. The average molecular weight is 421 g/mol. The number of anilines is 1. The normalized spacial score (nSPS) is 19.9. The third kappa shape index (κ3) is 5.64. The number of halogens is 1. The molecule has 29 heavy (non-hydrogen) atoms. The number of likely N-dealkylation sites (tertiary alicyclic amines) is 1. The molecule has 2 aliphatic rings. The third-order valence-electron chi connectivity index (χ3n) is 6.61. The molecule has 7 heteroatoms. The maximum atomic E-state index is 12.1. The van der Waals surface area contributed by atoms with E-state index >= 15 is 0 Å². The Morgan fingerprint density at radius 2 is 1.76 bits per heavy atom. The van der Waals surface area contributed by atoms with Crippen molar-refractivity contribution < 1.29 is 9.59 Å². The van der Waals surface area contributed by atoms with E-state index in [-0.39, 0.29) is 11.8 Å². The smallest absolute Gasteiger partial charge is 0.223 e. The molecule has 0 aromatic heterocycles. The molecule has 0 spiro atoms. The first-order valence-corrected chi connectivity index (χ1v) is 11.1. The topological polar surface area (TPSA) is 69.9 Å². The number of rotatable bonds is 7. The van der Waals surface area contributed by atoms with Gasteiger partial charge in [-0.1, -0.05) is 24.1 Å². The zero-order chi connectivity index (χ0) is 20.9. The summed E-state index contributed by atoms with van der Waals surface area (Å²) in [5.74, 6) is -0.115. The molecule has 0 bridgehead atoms. The van der Waals surface area contributed by atoms with Crippen LogP contribution in [0, 0.1) is 5.41 Å². The van der Waals surface area contributed by atoms with Crippen LogP contribution in [0.15, 0.2) is 24.3 Å². The van der Waals surface area contributed by atoms with E-state index in [1.54, 1.807) is 6.92 Å². The van der Waals surface area contributed by atoms with Gasteiger partial charge in [0.1, 0.15) is 0 Å². The lowest BCUT2D eigenvalue weighted by molar-refractivity contribution is -0.138. The Kier molecular flexibility index (Phi) is 7.41. The van der Waals surface area contributed by atoms with Gasteiger partial charge in [-0.2, -0.15) is 0 Å². The second-order valence-corrected chi connectivity index (χ2v) is 8.85. The molecule has 6 nitrogen and oxygen atoms in total. The van der Waals surface area contributed by atoms with Crippen molar-refractivity contribution in [3.8, 4) is 0 Å². The van der Waals surface area contributed by atoms with Crippen LogP contribution in [0.3, 0.4) is 0 Å². The van der Waals surface area contributed by atoms with Gasteiger partial charge in [0.15, 0.2) is 0 Å². The molecule has 0 radical (unpaired) electrons. The fraction of sp³-hybridized carbons (Fsp3) is 0.636. The molecular formula is C22H33ClN4O2. The van der Waals surface area contributed by atoms with E-state index in [4.69, 9.17) is 17.3 Å². The first-order valence-electron chi connectivity index (χ1n) is 10.7. The van der Waals surface area contributed by atoms with Crippen LogP contribution in [0.25, 0.3) is 0 Å². The number of amides is 2. The van der Waals surface area contributed by atoms with Crippen LogP contribution in [-0.4, -0.2) is 67.4 Å². The van der Waals surface area contributed by atoms with Crippen molar-refractivity contribution in [2.45, 2.75) is 39.0 Å². The minimum Gasteiger partial charge on any atom is -0.369 e. The van der Waals surface area contributed by atoms with E-state index in [1.807, 2.05) is 23.1 Å². The second kappa shape index (κ2) is 9.81. The van der Waals surface area contributed by atoms with Crippen LogP contribution in [0.1, 0.15) is 39.0 Å². The summed E-state index contributed by atoms with van der Waals surface area (Å²) in [6.07, 6.45) is 4.29. The Hall–Kier alpha value is -1.79. The molecule has 0 aliphatic carbocycles. The first-order chi connectivity index (χ1) is 13.9. The summed E-state index contributed by atoms with van der Waals surface area (Å²) < 4.78 is 0. The van der Waals surface area contributed by atoms with E-state index in [0.717, 1.165) is 57.0 Å². The number of benzene rings is 1. The van der Waals surface area contributed by atoms with Crippen molar-refractivity contribution >= 4 is 29.1 Å². The highest BCUT2D eigenvalue weighted by Gasteiger charge is 2.39. The molecule has 2 amide bonds. The lowest BCUT2D eigenvalue weighted by Crippen LogP contribution is -2.48. The van der Waals surface area contributed by atoms with Crippen molar-refractivity contribution in [1.29, 1.82) is 0 Å². The van der Waals surface area contributed by atoms with E-state index in [0.29, 0.717) is 25.9 Å². The van der Waals surface area contributed by atoms with Crippen LogP contribution >= 0.6 is 11.6 Å². The highest BCUT2D eigenvalue weighted by molar-refractivity contribution is 6.30. The quantitative estimate of drug-likeness (QED) is 0.688. The van der Waals surface area contributed by atoms with Gasteiger partial charge in [-0.25, -0.2) is 0 Å². The predicted molar refractivity (Wildman–Crippen MR) is 117 cm³/mol. The highest BCUT2D eigenvalue weighted by atomic mass is 35.5. The SMILES string of the molecule is CC(=O)N1CCC(CCCCN2CCN(c3cccc(Cl)c3)CC2)(C(N)=O)CC1. The van der Waals surface area contributed by atoms with Crippen molar-refractivity contribution in [2.75, 3.05) is 50.7 Å². The maximum Gasteiger partial charge on any atom is 0.223 e. The lowest BCUT2D eigenvalue weighted by Gasteiger charge is -2.40. The van der Waals surface area contributed by atoms with Crippen LogP contribution < -0.4 is 10.6 Å². The Morgan fingerprint density at radius 1 is 1.07 bits per heavy atom. The van der Waals surface area contributed by atoms with Gasteiger partial charge in [-0.15, -0.1) is 0 Å². The maximum absolute atomic E-state index is 12.1. The van der Waals surface area contributed by atoms with Gasteiger partial charge in [-0.3, -0.25) is 14.5 Å². The average Bonchev–Trinajstić information content (AvgIpc) is 2.72. The number of nitrogens with zero attached hydrogens (tertiary/aromatic N) is 3. The molecular weight excluding hydrogens is 388 g/mol. The Balaban J connectivity index is 1.39. The minimum absolute atomic E-state index is 0.0833. The van der Waals surface area contributed by atoms with E-state index < -0.39 is 5.41 Å². The Labute approximate surface area is 179 Å². The number of carbonyl (C=O) groups excluding carboxylic acids is 2. The van der Waals surface area contributed by atoms with Crippen molar-refractivity contribution in [3.05, 3.63) is 29.3 Å². The lowest BCUT2D eigenvalue weighted by atomic mass is 9.74. The third-order valence-corrected chi connectivity index (χ3v) is 6.85. The van der Waals surface area contributed by atoms with E-state index in [1.165, 1.54) is 5.69 Å². The van der Waals surface area contributed by atoms with Crippen LogP contribution in [0.5, 0.6) is 0 Å². The van der Waals surface area contributed by atoms with Gasteiger partial charge >= 0.3 is 0 Å². The molecule has 1 aromatic rings. The predicted octanol–water partition coefficient (Wildman–Crippen LogP) is 2.75. The summed E-state index contributed by atoms with van der Waals surface area (Å²) in [7, 11) is 0. The molecule has 0 atom stereocenters. The summed E-state index contributed by atoms with van der Waals surface area (Å²) in [5, 5.41) is 0.780. The number of hydrogen-bond donors (Lipinski definition) is 1. The number of primary amides is 1. The summed E-state index contributed by atoms with van der Waals surface area (Å²) in [5.41, 5.74) is 6.52. The Morgan fingerprint density at radius 3 is 2.34 bits per heavy atom. The summed E-state index contributed by atoms with van der Waals surface area (Å²) in [6, 6.07) is 8.05. The summed E-state index contributed by atoms with van der Waals surface area (Å²) in [4.78, 5) is 30.4. The second-order valence-electron chi connectivity index (χ2n) is 8.42. The van der Waals surface area contributed by atoms with Gasteiger partial charge in [0, 0.05) is 56.9 Å². The summed E-state index contributed by atoms with van der Waals surface area (Å²) >= 11 is 6.11. The number of unbranched alkanes of at least 4 members (excludes halogenated alkanes) is 1. The molecule has 160 valence electrons. The number of piperazine rings is 1. The van der Waals surface area contributed by atoms with Crippen molar-refractivity contribution in [1.82, 2.24) is 9.80 Å². The fourth-order valence-corrected chi connectivity index (χ4v) is 4.76. The monoisotopic (exact) mass is 420 g/mol. The molecule has 2 saturated heterocycles. The molecule has 2 aliphatic heterocycles. The molecule has 1 aromatic carbocycles. The van der Waals surface area contributed by atoms with Crippen LogP contribution in [0.4, 0.5) is 5.69 Å². The van der Waals surface area contributed by atoms with Gasteiger partial charge in [-0.05, 0) is 50.4 Å². The number of carbonyl (C=O) groups is 2. The van der Waals surface area contributed by atoms with Gasteiger partial charge < -0.3 is 15.5 Å². The molecule has 2 fully saturated rings. The highest BCUT2D eigenvalue weighted by Crippen LogP contribution is 2.36. The summed E-state index contributed by atoms with van der Waals surface area (Å²) in [6.45, 7) is 8.02. The van der Waals surface area contributed by atoms with Gasteiger partial charge in [0.2, 0.25) is 11.8 Å². The number of piperidine rings is 1. The number of hydrogen-bond acceptors (Lipinski definition) is 4. The molecule has 3 rings (SSSR count). The van der Waals surface area contributed by atoms with E-state index in [9.17, 15) is 9.59 Å². The van der Waals surface area contributed by atoms with Crippen molar-refractivity contribution in [2.24, 2.45) is 11.1 Å². The molecule has 2 heterocycles. The van der Waals surface area contributed by atoms with Crippen molar-refractivity contribution in [3.63, 3.8) is 0 Å². The first kappa shape index (κ1) is 21.9. The largest absolute Gasteiger partial charge is 0.369 e. The van der Waals surface area contributed by atoms with E-state index in [2.05, 4.69) is 15.9 Å². The zero-order valence-electron chi connectivity index (χ0n) is 17.4. The molecule has 0 saturated carbocycles. The standard InChI is InChI=1S/C22H33ClN4O2/c1-18(28)26-11-8-22(9-12-26,21(24)29)7-2-3-10-25-13-15-27(16-14-25)20-6-4-5-19(23)17-20/h4-6,17H,2-3,7-16H2,1H3,(H2,24,29). The Bertz CT molecular complexity index is 711. The minimum atomic E-state index is -0.433.